The Kier molecular flexibility index (Phi) is 5.86. The highest BCUT2D eigenvalue weighted by molar-refractivity contribution is 5.79. The Bertz CT molecular complexity index is 401. The minimum absolute atomic E-state index is 0.0909. The zero-order chi connectivity index (χ0) is 13.5. The van der Waals surface area contributed by atoms with Gasteiger partial charge in [-0.1, -0.05) is 23.8 Å². The molecule has 0 aromatic heterocycles. The van der Waals surface area contributed by atoms with Gasteiger partial charge in [0.25, 0.3) is 0 Å². The van der Waals surface area contributed by atoms with Crippen molar-refractivity contribution in [1.29, 1.82) is 0 Å². The summed E-state index contributed by atoms with van der Waals surface area (Å²) in [6.45, 7) is 6.79. The van der Waals surface area contributed by atoms with Crippen LogP contribution < -0.4 is 11.1 Å². The monoisotopic (exact) mass is 248 g/mol. The fraction of sp³-hybridized carbons (Fsp3) is 0.533. The third-order valence-electron chi connectivity index (χ3n) is 3.10. The van der Waals surface area contributed by atoms with E-state index in [1.165, 1.54) is 11.1 Å². The van der Waals surface area contributed by atoms with Crippen molar-refractivity contribution in [3.8, 4) is 0 Å². The molecule has 1 aromatic carbocycles. The van der Waals surface area contributed by atoms with Gasteiger partial charge in [-0.15, -0.1) is 0 Å². The van der Waals surface area contributed by atoms with Gasteiger partial charge in [0.15, 0.2) is 0 Å². The van der Waals surface area contributed by atoms with E-state index in [-0.39, 0.29) is 11.9 Å². The maximum atomic E-state index is 11.9. The summed E-state index contributed by atoms with van der Waals surface area (Å²) in [6.07, 6.45) is 2.35. The molecule has 1 rings (SSSR count). The first kappa shape index (κ1) is 14.7. The lowest BCUT2D eigenvalue weighted by molar-refractivity contribution is -0.121. The predicted molar refractivity (Wildman–Crippen MR) is 75.5 cm³/mol. The third-order valence-corrected chi connectivity index (χ3v) is 3.10. The van der Waals surface area contributed by atoms with Crippen LogP contribution in [0.5, 0.6) is 0 Å². The molecule has 1 atom stereocenters. The van der Waals surface area contributed by atoms with E-state index in [9.17, 15) is 4.79 Å². The number of carbonyl (C=O) groups excluding carboxylic acids is 1. The number of benzene rings is 1. The molecule has 1 unspecified atom stereocenters. The Balaban J connectivity index is 2.51. The van der Waals surface area contributed by atoms with E-state index in [4.69, 9.17) is 5.73 Å². The average Bonchev–Trinajstić information content (AvgIpc) is 2.31. The standard InChI is InChI=1S/C15H24N2O/c1-11-6-7-12(2)14(9-11)10-15(18)17-13(3)5-4-8-16/h6-7,9,13H,4-5,8,10,16H2,1-3H3,(H,17,18). The van der Waals surface area contributed by atoms with Crippen LogP contribution in [0.15, 0.2) is 18.2 Å². The summed E-state index contributed by atoms with van der Waals surface area (Å²) >= 11 is 0. The van der Waals surface area contributed by atoms with Crippen LogP contribution in [-0.2, 0) is 11.2 Å². The van der Waals surface area contributed by atoms with Gasteiger partial charge in [0.2, 0.25) is 5.91 Å². The third kappa shape index (κ3) is 4.88. The van der Waals surface area contributed by atoms with Gasteiger partial charge in [-0.05, 0) is 51.3 Å². The lowest BCUT2D eigenvalue weighted by Crippen LogP contribution is -2.34. The topological polar surface area (TPSA) is 55.1 Å². The molecule has 0 bridgehead atoms. The minimum Gasteiger partial charge on any atom is -0.353 e. The first-order chi connectivity index (χ1) is 8.52. The van der Waals surface area contributed by atoms with Crippen LogP contribution in [0.2, 0.25) is 0 Å². The number of nitrogens with one attached hydrogen (secondary N) is 1. The summed E-state index contributed by atoms with van der Waals surface area (Å²) in [5, 5.41) is 3.02. The lowest BCUT2D eigenvalue weighted by atomic mass is 10.0. The number of rotatable bonds is 6. The molecule has 0 spiro atoms. The molecule has 1 amide bonds. The van der Waals surface area contributed by atoms with E-state index in [1.54, 1.807) is 0 Å². The number of hydrogen-bond acceptors (Lipinski definition) is 2. The molecule has 3 heteroatoms. The van der Waals surface area contributed by atoms with Crippen LogP contribution in [0, 0.1) is 13.8 Å². The molecule has 0 aliphatic heterocycles. The van der Waals surface area contributed by atoms with Crippen LogP contribution >= 0.6 is 0 Å². The molecule has 3 nitrogen and oxygen atoms in total. The molecule has 0 aliphatic carbocycles. The average molecular weight is 248 g/mol. The van der Waals surface area contributed by atoms with Gasteiger partial charge in [0, 0.05) is 6.04 Å². The van der Waals surface area contributed by atoms with Crippen molar-refractivity contribution in [2.24, 2.45) is 5.73 Å². The second-order valence-corrected chi connectivity index (χ2v) is 5.01. The Morgan fingerprint density at radius 3 is 2.78 bits per heavy atom. The zero-order valence-electron chi connectivity index (χ0n) is 11.6. The summed E-state index contributed by atoms with van der Waals surface area (Å²) in [4.78, 5) is 11.9. The molecule has 0 radical (unpaired) electrons. The Morgan fingerprint density at radius 1 is 1.39 bits per heavy atom. The van der Waals surface area contributed by atoms with Crippen LogP contribution in [0.1, 0.15) is 36.5 Å². The van der Waals surface area contributed by atoms with Crippen molar-refractivity contribution in [1.82, 2.24) is 5.32 Å². The molecule has 1 aromatic rings. The van der Waals surface area contributed by atoms with Gasteiger partial charge >= 0.3 is 0 Å². The van der Waals surface area contributed by atoms with E-state index in [1.807, 2.05) is 20.8 Å². The van der Waals surface area contributed by atoms with E-state index < -0.39 is 0 Å². The summed E-state index contributed by atoms with van der Waals surface area (Å²) in [7, 11) is 0. The second-order valence-electron chi connectivity index (χ2n) is 5.01. The molecule has 18 heavy (non-hydrogen) atoms. The number of carbonyl (C=O) groups is 1. The van der Waals surface area contributed by atoms with Crippen molar-refractivity contribution in [3.05, 3.63) is 34.9 Å². The lowest BCUT2D eigenvalue weighted by Gasteiger charge is -2.14. The van der Waals surface area contributed by atoms with Crippen molar-refractivity contribution in [2.75, 3.05) is 6.54 Å². The molecule has 0 aliphatic rings. The SMILES string of the molecule is Cc1ccc(C)c(CC(=O)NC(C)CCCN)c1. The summed E-state index contributed by atoms with van der Waals surface area (Å²) in [5.74, 6) is 0.0909. The quantitative estimate of drug-likeness (QED) is 0.810. The van der Waals surface area contributed by atoms with Crippen LogP contribution in [0.3, 0.4) is 0 Å². The number of amides is 1. The van der Waals surface area contributed by atoms with Gasteiger partial charge < -0.3 is 11.1 Å². The largest absolute Gasteiger partial charge is 0.353 e. The van der Waals surface area contributed by atoms with E-state index in [0.29, 0.717) is 13.0 Å². The predicted octanol–water partition coefficient (Wildman–Crippen LogP) is 2.09. The minimum atomic E-state index is 0.0909. The number of nitrogens with two attached hydrogens (primary N) is 1. The fourth-order valence-corrected chi connectivity index (χ4v) is 1.99. The molecule has 0 heterocycles. The normalized spacial score (nSPS) is 12.2. The molecular weight excluding hydrogens is 224 g/mol. The van der Waals surface area contributed by atoms with Crippen molar-refractivity contribution in [2.45, 2.75) is 46.1 Å². The van der Waals surface area contributed by atoms with Crippen molar-refractivity contribution < 1.29 is 4.79 Å². The maximum absolute atomic E-state index is 11.9. The van der Waals surface area contributed by atoms with Gasteiger partial charge in [0.1, 0.15) is 0 Å². The van der Waals surface area contributed by atoms with E-state index in [2.05, 4.69) is 23.5 Å². The number of aryl methyl sites for hydroxylation is 2. The summed E-state index contributed by atoms with van der Waals surface area (Å²) in [5.41, 5.74) is 8.93. The molecule has 3 N–H and O–H groups in total. The summed E-state index contributed by atoms with van der Waals surface area (Å²) in [6, 6.07) is 6.42. The Morgan fingerprint density at radius 2 is 2.11 bits per heavy atom. The van der Waals surface area contributed by atoms with Gasteiger partial charge in [-0.2, -0.15) is 0 Å². The molecule has 0 saturated carbocycles. The van der Waals surface area contributed by atoms with E-state index in [0.717, 1.165) is 18.4 Å². The van der Waals surface area contributed by atoms with Crippen LogP contribution in [-0.4, -0.2) is 18.5 Å². The number of hydrogen-bond donors (Lipinski definition) is 2. The van der Waals surface area contributed by atoms with Crippen molar-refractivity contribution in [3.63, 3.8) is 0 Å². The zero-order valence-corrected chi connectivity index (χ0v) is 11.6. The Hall–Kier alpha value is -1.35. The van der Waals surface area contributed by atoms with E-state index >= 15 is 0 Å². The summed E-state index contributed by atoms with van der Waals surface area (Å²) < 4.78 is 0. The van der Waals surface area contributed by atoms with Gasteiger partial charge in [-0.3, -0.25) is 4.79 Å². The molecule has 100 valence electrons. The highest BCUT2D eigenvalue weighted by atomic mass is 16.1. The smallest absolute Gasteiger partial charge is 0.224 e. The first-order valence-electron chi connectivity index (χ1n) is 6.58. The van der Waals surface area contributed by atoms with Crippen LogP contribution in [0.4, 0.5) is 0 Å². The highest BCUT2D eigenvalue weighted by Crippen LogP contribution is 2.11. The first-order valence-corrected chi connectivity index (χ1v) is 6.58. The molecule has 0 fully saturated rings. The molecule has 0 saturated heterocycles. The molecular formula is C15H24N2O. The Labute approximate surface area is 110 Å². The van der Waals surface area contributed by atoms with Gasteiger partial charge in [0.05, 0.1) is 6.42 Å². The highest BCUT2D eigenvalue weighted by Gasteiger charge is 2.09. The second kappa shape index (κ2) is 7.17. The maximum Gasteiger partial charge on any atom is 0.224 e. The fourth-order valence-electron chi connectivity index (χ4n) is 1.99. The van der Waals surface area contributed by atoms with Crippen molar-refractivity contribution >= 4 is 5.91 Å². The van der Waals surface area contributed by atoms with Gasteiger partial charge in [-0.25, -0.2) is 0 Å². The van der Waals surface area contributed by atoms with Crippen LogP contribution in [0.25, 0.3) is 0 Å².